The molecule has 2 aromatic heterocycles. The van der Waals surface area contributed by atoms with Crippen LogP contribution < -0.4 is 5.56 Å². The number of hydrogen-bond acceptors (Lipinski definition) is 4. The van der Waals surface area contributed by atoms with Crippen LogP contribution in [0.2, 0.25) is 0 Å². The van der Waals surface area contributed by atoms with Crippen LogP contribution in [-0.4, -0.2) is 44.1 Å². The first-order valence-corrected chi connectivity index (χ1v) is 9.60. The minimum Gasteiger partial charge on any atom is -0.506 e. The van der Waals surface area contributed by atoms with E-state index in [0.29, 0.717) is 24.1 Å². The number of hydrogen-bond donors (Lipinski definition) is 4. The van der Waals surface area contributed by atoms with Gasteiger partial charge in [-0.25, -0.2) is 4.79 Å². The molecule has 0 spiro atoms. The number of aromatic carboxylic acids is 1. The quantitative estimate of drug-likeness (QED) is 0.559. The second-order valence-corrected chi connectivity index (χ2v) is 7.67. The van der Waals surface area contributed by atoms with E-state index in [1.54, 1.807) is 0 Å². The lowest BCUT2D eigenvalue weighted by atomic mass is 9.86. The number of nitrogens with zero attached hydrogens (tertiary/aromatic N) is 1. The summed E-state index contributed by atoms with van der Waals surface area (Å²) in [7, 11) is 0. The molecular weight excluding hydrogens is 358 g/mol. The van der Waals surface area contributed by atoms with Crippen molar-refractivity contribution in [3.8, 4) is 17.0 Å². The summed E-state index contributed by atoms with van der Waals surface area (Å²) in [6.45, 7) is 3.17. The smallest absolute Gasteiger partial charge is 0.345 e. The van der Waals surface area contributed by atoms with Crippen LogP contribution in [0.3, 0.4) is 0 Å². The van der Waals surface area contributed by atoms with Crippen LogP contribution in [-0.2, 0) is 19.4 Å². The molecule has 1 aliphatic heterocycles. The SMILES string of the molecule is O=C(O)c1c(O)c2c([nH]c1=O)-c1ccc3[nH]c(CN4CCCC4)cc3c1CC2. The largest absolute Gasteiger partial charge is 0.506 e. The summed E-state index contributed by atoms with van der Waals surface area (Å²) in [5.41, 5.74) is 3.86. The maximum Gasteiger partial charge on any atom is 0.345 e. The molecule has 5 rings (SSSR count). The van der Waals surface area contributed by atoms with Gasteiger partial charge in [0.15, 0.2) is 5.56 Å². The number of carboxylic acid groups (broad SMARTS) is 1. The highest BCUT2D eigenvalue weighted by atomic mass is 16.4. The lowest BCUT2D eigenvalue weighted by Gasteiger charge is -2.21. The molecular formula is C21H21N3O4. The summed E-state index contributed by atoms with van der Waals surface area (Å²) in [6, 6.07) is 6.10. The van der Waals surface area contributed by atoms with E-state index in [4.69, 9.17) is 0 Å². The van der Waals surface area contributed by atoms with E-state index in [0.717, 1.165) is 41.7 Å². The van der Waals surface area contributed by atoms with Crippen molar-refractivity contribution >= 4 is 16.9 Å². The molecule has 0 bridgehead atoms. The van der Waals surface area contributed by atoms with Gasteiger partial charge >= 0.3 is 5.97 Å². The van der Waals surface area contributed by atoms with Crippen LogP contribution >= 0.6 is 0 Å². The number of rotatable bonds is 3. The van der Waals surface area contributed by atoms with E-state index in [1.165, 1.54) is 18.5 Å². The first-order chi connectivity index (χ1) is 13.5. The summed E-state index contributed by atoms with van der Waals surface area (Å²) < 4.78 is 0. The fourth-order valence-electron chi connectivity index (χ4n) is 4.64. The molecule has 3 aromatic rings. The number of pyridine rings is 1. The zero-order chi connectivity index (χ0) is 19.4. The molecule has 1 aromatic carbocycles. The van der Waals surface area contributed by atoms with Gasteiger partial charge in [-0.15, -0.1) is 0 Å². The van der Waals surface area contributed by atoms with Gasteiger partial charge in [0.2, 0.25) is 0 Å². The molecule has 1 fully saturated rings. The zero-order valence-corrected chi connectivity index (χ0v) is 15.3. The average Bonchev–Trinajstić information content (AvgIpc) is 3.30. The van der Waals surface area contributed by atoms with Crippen LogP contribution in [0.25, 0.3) is 22.2 Å². The van der Waals surface area contributed by atoms with Gasteiger partial charge in [0.1, 0.15) is 5.75 Å². The van der Waals surface area contributed by atoms with Gasteiger partial charge in [-0.1, -0.05) is 6.07 Å². The minimum absolute atomic E-state index is 0.416. The average molecular weight is 379 g/mol. The molecule has 2 aliphatic rings. The van der Waals surface area contributed by atoms with Gasteiger partial charge in [-0.2, -0.15) is 0 Å². The normalized spacial score (nSPS) is 16.3. The van der Waals surface area contributed by atoms with Crippen LogP contribution in [0, 0.1) is 0 Å². The molecule has 0 amide bonds. The molecule has 0 unspecified atom stereocenters. The lowest BCUT2D eigenvalue weighted by Crippen LogP contribution is -2.22. The number of carbonyl (C=O) groups is 1. The predicted molar refractivity (Wildman–Crippen MR) is 105 cm³/mol. The van der Waals surface area contributed by atoms with Crippen molar-refractivity contribution in [2.45, 2.75) is 32.2 Å². The summed E-state index contributed by atoms with van der Waals surface area (Å²) in [6.07, 6.45) is 3.67. The van der Waals surface area contributed by atoms with Crippen molar-refractivity contribution < 1.29 is 15.0 Å². The Morgan fingerprint density at radius 1 is 1.11 bits per heavy atom. The minimum atomic E-state index is -1.42. The van der Waals surface area contributed by atoms with E-state index in [9.17, 15) is 19.8 Å². The maximum atomic E-state index is 12.2. The van der Waals surface area contributed by atoms with Crippen LogP contribution in [0.5, 0.6) is 5.75 Å². The van der Waals surface area contributed by atoms with Gasteiger partial charge in [0.05, 0.1) is 5.69 Å². The van der Waals surface area contributed by atoms with E-state index < -0.39 is 22.8 Å². The molecule has 0 saturated carbocycles. The van der Waals surface area contributed by atoms with Gasteiger partial charge in [0.25, 0.3) is 5.56 Å². The number of aromatic amines is 2. The molecule has 3 heterocycles. The van der Waals surface area contributed by atoms with Gasteiger partial charge in [-0.05, 0) is 56.5 Å². The van der Waals surface area contributed by atoms with E-state index in [1.807, 2.05) is 12.1 Å². The highest BCUT2D eigenvalue weighted by Gasteiger charge is 2.27. The number of aryl methyl sites for hydroxylation is 1. The van der Waals surface area contributed by atoms with E-state index >= 15 is 0 Å². The fraction of sp³-hybridized carbons (Fsp3) is 0.333. The van der Waals surface area contributed by atoms with Crippen molar-refractivity contribution in [2.24, 2.45) is 0 Å². The number of aromatic hydroxyl groups is 1. The van der Waals surface area contributed by atoms with Crippen molar-refractivity contribution in [2.75, 3.05) is 13.1 Å². The van der Waals surface area contributed by atoms with Crippen LogP contribution in [0.4, 0.5) is 0 Å². The Bertz CT molecular complexity index is 1170. The third-order valence-electron chi connectivity index (χ3n) is 5.96. The van der Waals surface area contributed by atoms with Crippen molar-refractivity contribution in [1.82, 2.24) is 14.9 Å². The van der Waals surface area contributed by atoms with Gasteiger partial charge in [0, 0.05) is 34.3 Å². The number of nitrogens with one attached hydrogen (secondary N) is 2. The molecule has 4 N–H and O–H groups in total. The first kappa shape index (κ1) is 17.1. The number of benzene rings is 1. The Labute approximate surface area is 160 Å². The Balaban J connectivity index is 1.63. The number of carboxylic acids is 1. The molecule has 1 aliphatic carbocycles. The summed E-state index contributed by atoms with van der Waals surface area (Å²) in [4.78, 5) is 32.2. The monoisotopic (exact) mass is 379 g/mol. The molecule has 1 saturated heterocycles. The Hall–Kier alpha value is -3.06. The Morgan fingerprint density at radius 2 is 1.86 bits per heavy atom. The second-order valence-electron chi connectivity index (χ2n) is 7.67. The Morgan fingerprint density at radius 3 is 2.61 bits per heavy atom. The Kier molecular flexibility index (Phi) is 3.80. The fourth-order valence-corrected chi connectivity index (χ4v) is 4.64. The summed E-state index contributed by atoms with van der Waals surface area (Å²) >= 11 is 0. The van der Waals surface area contributed by atoms with Crippen molar-refractivity contribution in [3.05, 3.63) is 50.9 Å². The lowest BCUT2D eigenvalue weighted by molar-refractivity contribution is 0.0691. The third kappa shape index (κ3) is 2.54. The second kappa shape index (κ2) is 6.24. The summed E-state index contributed by atoms with van der Waals surface area (Å²) in [5, 5.41) is 20.7. The van der Waals surface area contributed by atoms with Gasteiger partial charge < -0.3 is 20.2 Å². The van der Waals surface area contributed by atoms with E-state index in [2.05, 4.69) is 20.9 Å². The standard InChI is InChI=1S/C21H21N3O4/c25-19-14-4-3-12-13(18(14)23-20(26)17(19)21(27)28)5-6-16-15(12)9-11(22-16)10-24-7-1-2-8-24/h5-6,9,22H,1-4,7-8,10H2,(H,27,28)(H2,23,25,26). The summed E-state index contributed by atoms with van der Waals surface area (Å²) in [5.74, 6) is -1.83. The van der Waals surface area contributed by atoms with E-state index in [-0.39, 0.29) is 0 Å². The molecule has 7 heteroatoms. The van der Waals surface area contributed by atoms with Crippen LogP contribution in [0.15, 0.2) is 23.0 Å². The molecule has 0 atom stereocenters. The topological polar surface area (TPSA) is 109 Å². The zero-order valence-electron chi connectivity index (χ0n) is 15.3. The maximum absolute atomic E-state index is 12.2. The van der Waals surface area contributed by atoms with Gasteiger partial charge in [-0.3, -0.25) is 9.69 Å². The first-order valence-electron chi connectivity index (χ1n) is 9.60. The van der Waals surface area contributed by atoms with Crippen molar-refractivity contribution in [1.29, 1.82) is 0 Å². The highest BCUT2D eigenvalue weighted by molar-refractivity contribution is 5.95. The number of likely N-dealkylation sites (tertiary alicyclic amines) is 1. The molecule has 144 valence electrons. The molecule has 28 heavy (non-hydrogen) atoms. The number of H-pyrrole nitrogens is 2. The highest BCUT2D eigenvalue weighted by Crippen LogP contribution is 2.40. The molecule has 7 nitrogen and oxygen atoms in total. The molecule has 0 radical (unpaired) electrons. The predicted octanol–water partition coefficient (Wildman–Crippen LogP) is 2.62. The number of aromatic nitrogens is 2. The van der Waals surface area contributed by atoms with Crippen molar-refractivity contribution in [3.63, 3.8) is 0 Å². The number of fused-ring (bicyclic) bond motifs is 5. The third-order valence-corrected chi connectivity index (χ3v) is 5.96. The van der Waals surface area contributed by atoms with Crippen LogP contribution in [0.1, 0.15) is 40.0 Å².